The Morgan fingerprint density at radius 1 is 0.212 bits per heavy atom. The Kier molecular flexibility index (Phi) is 26.9. The first-order valence-electron chi connectivity index (χ1n) is 27.4. The van der Waals surface area contributed by atoms with Crippen molar-refractivity contribution >= 4 is 0 Å². The van der Waals surface area contributed by atoms with Gasteiger partial charge in [0.2, 0.25) is 0 Å². The molecule has 7 rings (SSSR count). The van der Waals surface area contributed by atoms with E-state index >= 15 is 0 Å². The Balaban J connectivity index is 1.00. The Morgan fingerprint density at radius 3 is 0.588 bits per heavy atom. The minimum absolute atomic E-state index is 0.698. The molecule has 0 bridgehead atoms. The molecule has 7 aliphatic heterocycles. The van der Waals surface area contributed by atoms with Gasteiger partial charge in [0.25, 0.3) is 0 Å². The molecule has 498 valence electrons. The lowest BCUT2D eigenvalue weighted by molar-refractivity contribution is -0.400. The number of hydrogen-bond acceptors (Lipinski definition) is 36. The van der Waals surface area contributed by atoms with E-state index in [-0.39, 0.29) is 0 Å². The number of ether oxygens (including phenoxy) is 20. The van der Waals surface area contributed by atoms with Gasteiger partial charge in [-0.3, -0.25) is 0 Å². The highest BCUT2D eigenvalue weighted by Crippen LogP contribution is 2.39. The molecule has 0 spiro atoms. The van der Waals surface area contributed by atoms with Crippen LogP contribution in [-0.2, 0) is 94.7 Å². The summed E-state index contributed by atoms with van der Waals surface area (Å²) in [7, 11) is 8.25. The van der Waals surface area contributed by atoms with Crippen LogP contribution in [0.5, 0.6) is 0 Å². The second kappa shape index (κ2) is 32.2. The molecule has 7 heterocycles. The van der Waals surface area contributed by atoms with E-state index in [2.05, 4.69) is 0 Å². The van der Waals surface area contributed by atoms with Gasteiger partial charge in [0.05, 0.1) is 46.2 Å². The van der Waals surface area contributed by atoms with Gasteiger partial charge in [-0.05, 0) is 0 Å². The van der Waals surface area contributed by atoms with E-state index in [1.54, 1.807) is 0 Å². The van der Waals surface area contributed by atoms with Crippen LogP contribution in [0.2, 0.25) is 0 Å². The molecule has 7 saturated heterocycles. The van der Waals surface area contributed by atoms with E-state index in [0.29, 0.717) is 0 Å². The normalized spacial score (nSPS) is 50.1. The minimum Gasteiger partial charge on any atom is -0.394 e. The molecular weight excluding hydrogens is 1160 g/mol. The van der Waals surface area contributed by atoms with Gasteiger partial charge in [-0.2, -0.15) is 0 Å². The highest BCUT2D eigenvalue weighted by molar-refractivity contribution is 5.02. The third-order valence-corrected chi connectivity index (χ3v) is 16.3. The first-order chi connectivity index (χ1) is 40.8. The zero-order valence-corrected chi connectivity index (χ0v) is 47.5. The van der Waals surface area contributed by atoms with Crippen molar-refractivity contribution < 1.29 is 176 Å². The predicted octanol–water partition coefficient (Wildman–Crippen LogP) is -11.7. The molecule has 0 amide bonds. The number of rotatable bonds is 26. The second-order valence-electron chi connectivity index (χ2n) is 21.0. The maximum atomic E-state index is 11.8. The summed E-state index contributed by atoms with van der Waals surface area (Å²) in [4.78, 5) is 0. The van der Waals surface area contributed by atoms with Crippen LogP contribution in [0.1, 0.15) is 0 Å². The topological polar surface area (TPSA) is 508 Å². The fraction of sp³-hybridized carbons (Fsp3) is 1.00. The number of hydrogen-bond donors (Lipinski definition) is 16. The van der Waals surface area contributed by atoms with Crippen LogP contribution in [0.25, 0.3) is 0 Å². The van der Waals surface area contributed by atoms with E-state index in [0.717, 1.165) is 14.2 Å². The molecule has 7 fully saturated rings. The molecule has 0 radical (unpaired) electrons. The molecule has 1 unspecified atom stereocenters. The molecule has 36 heteroatoms. The standard InChI is InChI=1S/C49H86O36/c1-66-36-22(57)15(8-50)74-44(24(36)59)81-31-17(10-52)76-46(26(61)38(31)68-3)83-33-19(12-54)78-48(28(63)40(33)70-5)85-35-21(14-56)79-49(29(64)42(35)72-7)84-34-20(13-55)77-47(27(62)41(34)71-6)82-32-18(11-53)75-45(25(60)39(32)69-4)80-30-16(9-51)73-43(65)23(58)37(30)67-2/h15-65H,8-14H2,1-7H3/t15-,16-,17-,18-,19-,20-,21-,22-,23+,24+,25+,26-,27+,28+,29+,30-,31-,32-,33-,34-,35-,36+,37-,38-,39-,40-,41-,42-,43?,44-,45-,46-,47-,48-,49-/m1/s1. The third-order valence-electron chi connectivity index (χ3n) is 16.3. The van der Waals surface area contributed by atoms with Crippen molar-refractivity contribution in [1.82, 2.24) is 0 Å². The molecule has 0 aromatic rings. The molecule has 35 atom stereocenters. The van der Waals surface area contributed by atoms with E-state index in [9.17, 15) is 81.7 Å². The van der Waals surface area contributed by atoms with Gasteiger partial charge in [-0.15, -0.1) is 0 Å². The van der Waals surface area contributed by atoms with Gasteiger partial charge in [-0.25, -0.2) is 0 Å². The van der Waals surface area contributed by atoms with Crippen LogP contribution in [0, 0.1) is 0 Å². The molecule has 0 aliphatic carbocycles. The molecule has 0 aromatic carbocycles. The summed E-state index contributed by atoms with van der Waals surface area (Å²) >= 11 is 0. The number of aliphatic hydroxyl groups is 16. The fourth-order valence-corrected chi connectivity index (χ4v) is 11.8. The summed E-state index contributed by atoms with van der Waals surface area (Å²) in [5.74, 6) is 0. The van der Waals surface area contributed by atoms with Crippen LogP contribution in [0.15, 0.2) is 0 Å². The fourth-order valence-electron chi connectivity index (χ4n) is 11.8. The van der Waals surface area contributed by atoms with E-state index in [1.807, 2.05) is 0 Å². The zero-order chi connectivity index (χ0) is 62.3. The second-order valence-corrected chi connectivity index (χ2v) is 21.0. The van der Waals surface area contributed by atoms with Crippen molar-refractivity contribution in [2.45, 2.75) is 215 Å². The van der Waals surface area contributed by atoms with Crippen LogP contribution >= 0.6 is 0 Å². The quantitative estimate of drug-likeness (QED) is 0.0382. The first kappa shape index (κ1) is 71.0. The first-order valence-corrected chi connectivity index (χ1v) is 27.4. The van der Waals surface area contributed by atoms with Crippen LogP contribution in [-0.4, -0.2) is 393 Å². The molecular formula is C49H86O36. The summed E-state index contributed by atoms with van der Waals surface area (Å²) in [6.45, 7) is -5.65. The van der Waals surface area contributed by atoms with E-state index in [4.69, 9.17) is 94.7 Å². The summed E-state index contributed by atoms with van der Waals surface area (Å²) in [5, 5.41) is 173. The van der Waals surface area contributed by atoms with E-state index < -0.39 is 261 Å². The highest BCUT2D eigenvalue weighted by Gasteiger charge is 2.59. The maximum Gasteiger partial charge on any atom is 0.187 e. The summed E-state index contributed by atoms with van der Waals surface area (Å²) < 4.78 is 116. The van der Waals surface area contributed by atoms with Gasteiger partial charge >= 0.3 is 0 Å². The van der Waals surface area contributed by atoms with Gasteiger partial charge in [0.1, 0.15) is 171 Å². The number of methoxy groups -OCH3 is 7. The average Bonchev–Trinajstić information content (AvgIpc) is 2.78. The van der Waals surface area contributed by atoms with E-state index in [1.165, 1.54) is 35.5 Å². The van der Waals surface area contributed by atoms with Crippen molar-refractivity contribution in [3.63, 3.8) is 0 Å². The largest absolute Gasteiger partial charge is 0.394 e. The Labute approximate surface area is 486 Å². The maximum absolute atomic E-state index is 11.8. The van der Waals surface area contributed by atoms with Crippen molar-refractivity contribution in [2.24, 2.45) is 0 Å². The van der Waals surface area contributed by atoms with Gasteiger partial charge < -0.3 is 176 Å². The predicted molar refractivity (Wildman–Crippen MR) is 265 cm³/mol. The van der Waals surface area contributed by atoms with Gasteiger partial charge in [0, 0.05) is 49.8 Å². The summed E-state index contributed by atoms with van der Waals surface area (Å²) in [6, 6.07) is 0. The average molecular weight is 1250 g/mol. The smallest absolute Gasteiger partial charge is 0.187 e. The van der Waals surface area contributed by atoms with Gasteiger partial charge in [0.15, 0.2) is 44.0 Å². The third kappa shape index (κ3) is 14.8. The van der Waals surface area contributed by atoms with Crippen molar-refractivity contribution in [1.29, 1.82) is 0 Å². The molecule has 16 N–H and O–H groups in total. The van der Waals surface area contributed by atoms with Crippen molar-refractivity contribution in [3.05, 3.63) is 0 Å². The Hall–Kier alpha value is -1.44. The Morgan fingerprint density at radius 2 is 0.388 bits per heavy atom. The molecule has 0 saturated carbocycles. The highest BCUT2D eigenvalue weighted by atomic mass is 16.8. The zero-order valence-electron chi connectivity index (χ0n) is 47.5. The summed E-state index contributed by atoms with van der Waals surface area (Å²) in [6.07, 6.45) is -54.6. The number of aliphatic hydroxyl groups excluding tert-OH is 16. The van der Waals surface area contributed by atoms with Crippen LogP contribution < -0.4 is 0 Å². The van der Waals surface area contributed by atoms with Crippen molar-refractivity contribution in [3.8, 4) is 0 Å². The molecule has 85 heavy (non-hydrogen) atoms. The SMILES string of the molecule is CO[C@@H]1[C@H](O)[C@@H](O[C@H]2[C@H](OC)[C@@H](O)[C@@H](O[C@H]3[C@H](OC)[C@H](O)[C@@H](O[C@H]4[C@H](OC)[C@H](O)[C@@H](O[C@H]5[C@H](OC)[C@H](O)[C@@H](O[C@H]6[C@H](OC)[C@H](O)[C@@H](O[C@H]7[C@H](OC)[C@H](O)C(O)O[C@@H]7CO)O[C@@H]6CO)O[C@@H]5CO)O[C@@H]4CO)O[C@@H]3CO)O[C@@H]2CO)O[C@H](CO)[C@H]1O. The minimum atomic E-state index is -1.86. The lowest BCUT2D eigenvalue weighted by atomic mass is 9.94. The molecule has 36 nitrogen and oxygen atoms in total. The van der Waals surface area contributed by atoms with Crippen LogP contribution in [0.4, 0.5) is 0 Å². The lowest BCUT2D eigenvalue weighted by Crippen LogP contribution is -2.69. The van der Waals surface area contributed by atoms with Crippen molar-refractivity contribution in [2.75, 3.05) is 96.0 Å². The van der Waals surface area contributed by atoms with Crippen LogP contribution in [0.3, 0.4) is 0 Å². The molecule has 0 aromatic heterocycles. The Bertz CT molecular complexity index is 1940. The molecule has 7 aliphatic rings. The monoisotopic (exact) mass is 1250 g/mol. The lowest BCUT2D eigenvalue weighted by Gasteiger charge is -2.51. The van der Waals surface area contributed by atoms with Gasteiger partial charge in [-0.1, -0.05) is 0 Å². The summed E-state index contributed by atoms with van der Waals surface area (Å²) in [5.41, 5.74) is 0.